The summed E-state index contributed by atoms with van der Waals surface area (Å²) in [5.41, 5.74) is 1.59. The molecule has 6 nitrogen and oxygen atoms in total. The van der Waals surface area contributed by atoms with Gasteiger partial charge in [0.25, 0.3) is 0 Å². The fourth-order valence-corrected chi connectivity index (χ4v) is 1.66. The van der Waals surface area contributed by atoms with E-state index in [1.807, 2.05) is 11.5 Å². The van der Waals surface area contributed by atoms with Gasteiger partial charge in [0, 0.05) is 26.2 Å². The summed E-state index contributed by atoms with van der Waals surface area (Å²) in [5.74, 6) is 0. The van der Waals surface area contributed by atoms with E-state index in [0.717, 1.165) is 17.9 Å². The molecular formula is C10H15N5O. The topological polar surface area (TPSA) is 68.8 Å². The van der Waals surface area contributed by atoms with E-state index in [9.17, 15) is 5.11 Å². The predicted molar refractivity (Wildman–Crippen MR) is 57.6 cm³/mol. The SMILES string of the molecule is CCn1cncc1C(O)Cc1cn(C)nn1. The Kier molecular flexibility index (Phi) is 3.00. The lowest BCUT2D eigenvalue weighted by Gasteiger charge is -2.10. The summed E-state index contributed by atoms with van der Waals surface area (Å²) in [6, 6.07) is 0. The van der Waals surface area contributed by atoms with Crippen LogP contribution in [0.25, 0.3) is 0 Å². The minimum absolute atomic E-state index is 0.458. The molecule has 1 unspecified atom stereocenters. The van der Waals surface area contributed by atoms with Gasteiger partial charge in [-0.25, -0.2) is 4.98 Å². The molecule has 1 N–H and O–H groups in total. The van der Waals surface area contributed by atoms with Gasteiger partial charge < -0.3 is 9.67 Å². The fourth-order valence-electron chi connectivity index (χ4n) is 1.66. The summed E-state index contributed by atoms with van der Waals surface area (Å²) in [4.78, 5) is 4.02. The Bertz CT molecular complexity index is 461. The van der Waals surface area contributed by atoms with Crippen molar-refractivity contribution in [2.75, 3.05) is 0 Å². The lowest BCUT2D eigenvalue weighted by atomic mass is 10.1. The summed E-state index contributed by atoms with van der Waals surface area (Å²) < 4.78 is 3.54. The molecule has 6 heteroatoms. The summed E-state index contributed by atoms with van der Waals surface area (Å²) in [7, 11) is 1.80. The van der Waals surface area contributed by atoms with Gasteiger partial charge in [-0.2, -0.15) is 0 Å². The molecule has 0 spiro atoms. The number of imidazole rings is 1. The predicted octanol–water partition coefficient (Wildman–Crippen LogP) is 0.308. The largest absolute Gasteiger partial charge is 0.386 e. The van der Waals surface area contributed by atoms with Gasteiger partial charge in [0.1, 0.15) is 6.10 Å². The second-order valence-corrected chi connectivity index (χ2v) is 3.71. The standard InChI is InChI=1S/C10H15N5O/c1-3-15-7-11-5-9(15)10(16)4-8-6-14(2)13-12-8/h5-7,10,16H,3-4H2,1-2H3. The molecule has 0 aromatic carbocycles. The van der Waals surface area contributed by atoms with Crippen LogP contribution in [0.1, 0.15) is 24.4 Å². The van der Waals surface area contributed by atoms with Gasteiger partial charge in [-0.1, -0.05) is 5.21 Å². The van der Waals surface area contributed by atoms with Crippen LogP contribution in [0.2, 0.25) is 0 Å². The van der Waals surface area contributed by atoms with E-state index in [0.29, 0.717) is 6.42 Å². The smallest absolute Gasteiger partial charge is 0.101 e. The van der Waals surface area contributed by atoms with Crippen LogP contribution in [0.15, 0.2) is 18.7 Å². The molecule has 2 heterocycles. The molecule has 2 aromatic heterocycles. The van der Waals surface area contributed by atoms with Crippen molar-refractivity contribution in [1.82, 2.24) is 24.5 Å². The molecule has 0 aliphatic rings. The third-order valence-corrected chi connectivity index (χ3v) is 2.48. The molecule has 0 saturated heterocycles. The minimum Gasteiger partial charge on any atom is -0.386 e. The lowest BCUT2D eigenvalue weighted by Crippen LogP contribution is -2.08. The van der Waals surface area contributed by atoms with Gasteiger partial charge in [-0.05, 0) is 6.92 Å². The highest BCUT2D eigenvalue weighted by Gasteiger charge is 2.14. The Morgan fingerprint density at radius 3 is 2.94 bits per heavy atom. The van der Waals surface area contributed by atoms with Crippen molar-refractivity contribution < 1.29 is 5.11 Å². The highest BCUT2D eigenvalue weighted by atomic mass is 16.3. The summed E-state index contributed by atoms with van der Waals surface area (Å²) in [6.45, 7) is 2.81. The Morgan fingerprint density at radius 1 is 1.50 bits per heavy atom. The monoisotopic (exact) mass is 221 g/mol. The second kappa shape index (κ2) is 4.44. The zero-order valence-corrected chi connectivity index (χ0v) is 9.41. The average Bonchev–Trinajstić information content (AvgIpc) is 2.86. The van der Waals surface area contributed by atoms with Crippen LogP contribution in [0.4, 0.5) is 0 Å². The zero-order chi connectivity index (χ0) is 11.5. The van der Waals surface area contributed by atoms with Crippen molar-refractivity contribution in [2.24, 2.45) is 7.05 Å². The maximum absolute atomic E-state index is 10.0. The van der Waals surface area contributed by atoms with Crippen molar-refractivity contribution in [3.8, 4) is 0 Å². The molecule has 16 heavy (non-hydrogen) atoms. The third-order valence-electron chi connectivity index (χ3n) is 2.48. The molecule has 1 atom stereocenters. The Morgan fingerprint density at radius 2 is 2.31 bits per heavy atom. The molecule has 0 radical (unpaired) electrons. The molecule has 0 amide bonds. The number of aliphatic hydroxyl groups excluding tert-OH is 1. The molecule has 0 bridgehead atoms. The molecule has 0 aliphatic heterocycles. The van der Waals surface area contributed by atoms with E-state index < -0.39 is 6.10 Å². The number of aliphatic hydroxyl groups is 1. The number of aromatic nitrogens is 5. The van der Waals surface area contributed by atoms with Crippen LogP contribution >= 0.6 is 0 Å². The fraction of sp³-hybridized carbons (Fsp3) is 0.500. The number of hydrogen-bond acceptors (Lipinski definition) is 4. The lowest BCUT2D eigenvalue weighted by molar-refractivity contribution is 0.167. The highest BCUT2D eigenvalue weighted by molar-refractivity contribution is 5.07. The van der Waals surface area contributed by atoms with Gasteiger partial charge >= 0.3 is 0 Å². The summed E-state index contributed by atoms with van der Waals surface area (Å²) in [6.07, 6.45) is 5.08. The molecule has 0 saturated carbocycles. The Hall–Kier alpha value is -1.69. The number of hydrogen-bond donors (Lipinski definition) is 1. The quantitative estimate of drug-likeness (QED) is 0.806. The maximum Gasteiger partial charge on any atom is 0.101 e. The first kappa shape index (κ1) is 10.8. The van der Waals surface area contributed by atoms with Crippen molar-refractivity contribution in [2.45, 2.75) is 26.0 Å². The molecule has 2 aromatic rings. The van der Waals surface area contributed by atoms with Crippen molar-refractivity contribution >= 4 is 0 Å². The van der Waals surface area contributed by atoms with Crippen molar-refractivity contribution in [3.05, 3.63) is 30.1 Å². The van der Waals surface area contributed by atoms with Crippen LogP contribution in [-0.2, 0) is 20.0 Å². The van der Waals surface area contributed by atoms with Gasteiger partial charge in [-0.15, -0.1) is 5.10 Å². The van der Waals surface area contributed by atoms with Gasteiger partial charge in [0.05, 0.1) is 23.9 Å². The highest BCUT2D eigenvalue weighted by Crippen LogP contribution is 2.16. The Labute approximate surface area is 93.5 Å². The molecular weight excluding hydrogens is 206 g/mol. The van der Waals surface area contributed by atoms with E-state index in [2.05, 4.69) is 15.3 Å². The van der Waals surface area contributed by atoms with Gasteiger partial charge in [0.2, 0.25) is 0 Å². The van der Waals surface area contributed by atoms with E-state index in [1.165, 1.54) is 0 Å². The molecule has 0 aliphatic carbocycles. The minimum atomic E-state index is -0.584. The van der Waals surface area contributed by atoms with Crippen molar-refractivity contribution in [1.29, 1.82) is 0 Å². The van der Waals surface area contributed by atoms with E-state index >= 15 is 0 Å². The molecule has 0 fully saturated rings. The van der Waals surface area contributed by atoms with Crippen LogP contribution in [0.5, 0.6) is 0 Å². The number of nitrogens with zero attached hydrogens (tertiary/aromatic N) is 5. The van der Waals surface area contributed by atoms with Gasteiger partial charge in [0.15, 0.2) is 0 Å². The first-order chi connectivity index (χ1) is 7.70. The summed E-state index contributed by atoms with van der Waals surface area (Å²) >= 11 is 0. The zero-order valence-electron chi connectivity index (χ0n) is 9.41. The van der Waals surface area contributed by atoms with Crippen LogP contribution < -0.4 is 0 Å². The molecule has 2 rings (SSSR count). The van der Waals surface area contributed by atoms with E-state index in [4.69, 9.17) is 0 Å². The number of aryl methyl sites for hydroxylation is 2. The van der Waals surface area contributed by atoms with Crippen molar-refractivity contribution in [3.63, 3.8) is 0 Å². The van der Waals surface area contributed by atoms with Gasteiger partial charge in [-0.3, -0.25) is 4.68 Å². The average molecular weight is 221 g/mol. The van der Waals surface area contributed by atoms with Crippen LogP contribution in [-0.4, -0.2) is 29.7 Å². The van der Waals surface area contributed by atoms with E-state index in [-0.39, 0.29) is 0 Å². The second-order valence-electron chi connectivity index (χ2n) is 3.71. The normalized spacial score (nSPS) is 12.9. The maximum atomic E-state index is 10.0. The summed E-state index contributed by atoms with van der Waals surface area (Å²) in [5, 5.41) is 17.8. The Balaban J connectivity index is 2.11. The first-order valence-electron chi connectivity index (χ1n) is 5.24. The number of rotatable bonds is 4. The molecule has 86 valence electrons. The van der Waals surface area contributed by atoms with E-state index in [1.54, 1.807) is 30.5 Å². The first-order valence-corrected chi connectivity index (χ1v) is 5.24. The third kappa shape index (κ3) is 2.11. The van der Waals surface area contributed by atoms with Crippen LogP contribution in [0, 0.1) is 0 Å². The van der Waals surface area contributed by atoms with Crippen LogP contribution in [0.3, 0.4) is 0 Å².